The van der Waals surface area contributed by atoms with Crippen LogP contribution in [0.15, 0.2) is 18.2 Å². The first kappa shape index (κ1) is 14.5. The molecule has 116 valence electrons. The van der Waals surface area contributed by atoms with Gasteiger partial charge in [0.25, 0.3) is 0 Å². The lowest BCUT2D eigenvalue weighted by molar-refractivity contribution is -0.136. The molecule has 0 spiro atoms. The zero-order valence-corrected chi connectivity index (χ0v) is 11.8. The zero-order chi connectivity index (χ0) is 15.0. The van der Waals surface area contributed by atoms with Crippen LogP contribution in [-0.4, -0.2) is 30.1 Å². The summed E-state index contributed by atoms with van der Waals surface area (Å²) < 4.78 is 38.7. The van der Waals surface area contributed by atoms with Crippen LogP contribution in [0.3, 0.4) is 0 Å². The van der Waals surface area contributed by atoms with Crippen molar-refractivity contribution < 1.29 is 13.2 Å². The van der Waals surface area contributed by atoms with Crippen molar-refractivity contribution >= 4 is 11.4 Å². The van der Waals surface area contributed by atoms with Gasteiger partial charge in [0.1, 0.15) is 0 Å². The zero-order valence-electron chi connectivity index (χ0n) is 11.8. The molecule has 2 heterocycles. The number of alkyl halides is 3. The van der Waals surface area contributed by atoms with Gasteiger partial charge < -0.3 is 11.1 Å². The van der Waals surface area contributed by atoms with E-state index >= 15 is 0 Å². The summed E-state index contributed by atoms with van der Waals surface area (Å²) in [6, 6.07) is 4.77. The Kier molecular flexibility index (Phi) is 3.73. The quantitative estimate of drug-likeness (QED) is 0.823. The van der Waals surface area contributed by atoms with E-state index in [2.05, 4.69) is 10.2 Å². The number of rotatable bonds is 2. The van der Waals surface area contributed by atoms with E-state index in [9.17, 15) is 13.2 Å². The summed E-state index contributed by atoms with van der Waals surface area (Å²) in [5.74, 6) is 0. The summed E-state index contributed by atoms with van der Waals surface area (Å²) in [7, 11) is 0. The second-order valence-electron chi connectivity index (χ2n) is 5.94. The molecular weight excluding hydrogens is 279 g/mol. The Morgan fingerprint density at radius 2 is 1.95 bits per heavy atom. The summed E-state index contributed by atoms with van der Waals surface area (Å²) >= 11 is 0. The lowest BCUT2D eigenvalue weighted by Gasteiger charge is -2.33. The summed E-state index contributed by atoms with van der Waals surface area (Å²) in [5.41, 5.74) is 4.96. The van der Waals surface area contributed by atoms with Gasteiger partial charge in [0, 0.05) is 30.0 Å². The maximum atomic E-state index is 12.9. The van der Waals surface area contributed by atoms with Gasteiger partial charge >= 0.3 is 6.18 Å². The smallest absolute Gasteiger partial charge is 0.398 e. The molecule has 2 saturated heterocycles. The minimum absolute atomic E-state index is 0.223. The number of hydrogen-bond acceptors (Lipinski definition) is 3. The minimum atomic E-state index is -4.41. The van der Waals surface area contributed by atoms with Gasteiger partial charge in [0.05, 0.1) is 5.56 Å². The number of fused-ring (bicyclic) bond motifs is 1. The fourth-order valence-corrected chi connectivity index (χ4v) is 3.52. The molecule has 2 atom stereocenters. The first-order chi connectivity index (χ1) is 9.95. The molecule has 1 aromatic rings. The molecule has 2 fully saturated rings. The SMILES string of the molecule is Nc1ccc(NC2CCN3CCCCC23)cc1C(F)(F)F. The number of nitrogens with two attached hydrogens (primary N) is 1. The van der Waals surface area contributed by atoms with Gasteiger partial charge in [-0.1, -0.05) is 6.42 Å². The lowest BCUT2D eigenvalue weighted by atomic mass is 9.98. The normalized spacial score (nSPS) is 26.6. The fraction of sp³-hybridized carbons (Fsp3) is 0.600. The van der Waals surface area contributed by atoms with Crippen LogP contribution in [0, 0.1) is 0 Å². The Hall–Kier alpha value is -1.43. The Morgan fingerprint density at radius 3 is 2.71 bits per heavy atom. The molecular formula is C15H20F3N3. The van der Waals surface area contributed by atoms with Gasteiger partial charge in [-0.15, -0.1) is 0 Å². The van der Waals surface area contributed by atoms with Gasteiger partial charge in [-0.25, -0.2) is 0 Å². The van der Waals surface area contributed by atoms with E-state index in [0.717, 1.165) is 32.0 Å². The van der Waals surface area contributed by atoms with Crippen LogP contribution in [0.4, 0.5) is 24.5 Å². The first-order valence-corrected chi connectivity index (χ1v) is 7.42. The topological polar surface area (TPSA) is 41.3 Å². The Bertz CT molecular complexity index is 515. The van der Waals surface area contributed by atoms with Crippen molar-refractivity contribution in [2.75, 3.05) is 24.1 Å². The van der Waals surface area contributed by atoms with E-state index in [1.54, 1.807) is 6.07 Å². The van der Waals surface area contributed by atoms with Gasteiger partial charge in [0.15, 0.2) is 0 Å². The molecule has 2 aliphatic heterocycles. The molecule has 0 radical (unpaired) electrons. The molecule has 0 bridgehead atoms. The van der Waals surface area contributed by atoms with Crippen LogP contribution in [0.25, 0.3) is 0 Å². The average molecular weight is 299 g/mol. The van der Waals surface area contributed by atoms with Crippen molar-refractivity contribution in [1.29, 1.82) is 0 Å². The molecule has 3 N–H and O–H groups in total. The maximum absolute atomic E-state index is 12.9. The molecule has 0 saturated carbocycles. The fourth-order valence-electron chi connectivity index (χ4n) is 3.52. The second kappa shape index (κ2) is 5.40. The molecule has 2 aliphatic rings. The summed E-state index contributed by atoms with van der Waals surface area (Å²) in [6.45, 7) is 2.14. The van der Waals surface area contributed by atoms with E-state index in [1.165, 1.54) is 18.9 Å². The van der Waals surface area contributed by atoms with Crippen LogP contribution in [0.2, 0.25) is 0 Å². The third-order valence-corrected chi connectivity index (χ3v) is 4.57. The number of anilines is 2. The highest BCUT2D eigenvalue weighted by molar-refractivity contribution is 5.58. The largest absolute Gasteiger partial charge is 0.418 e. The van der Waals surface area contributed by atoms with Crippen LogP contribution < -0.4 is 11.1 Å². The van der Waals surface area contributed by atoms with E-state index in [-0.39, 0.29) is 11.7 Å². The Labute approximate surface area is 122 Å². The summed E-state index contributed by atoms with van der Waals surface area (Å²) in [4.78, 5) is 2.45. The van der Waals surface area contributed by atoms with Crippen molar-refractivity contribution in [2.24, 2.45) is 0 Å². The molecule has 6 heteroatoms. The molecule has 1 aromatic carbocycles. The molecule has 0 aliphatic carbocycles. The molecule has 0 amide bonds. The van der Waals surface area contributed by atoms with Crippen molar-refractivity contribution in [3.63, 3.8) is 0 Å². The molecule has 21 heavy (non-hydrogen) atoms. The lowest BCUT2D eigenvalue weighted by Crippen LogP contribution is -2.41. The summed E-state index contributed by atoms with van der Waals surface area (Å²) in [5, 5.41) is 3.28. The second-order valence-corrected chi connectivity index (χ2v) is 5.94. The third-order valence-electron chi connectivity index (χ3n) is 4.57. The van der Waals surface area contributed by atoms with E-state index in [0.29, 0.717) is 11.7 Å². The van der Waals surface area contributed by atoms with Gasteiger partial charge in [-0.05, 0) is 44.0 Å². The van der Waals surface area contributed by atoms with Gasteiger partial charge in [0.2, 0.25) is 0 Å². The Morgan fingerprint density at radius 1 is 1.14 bits per heavy atom. The van der Waals surface area contributed by atoms with Gasteiger partial charge in [-0.3, -0.25) is 4.90 Å². The number of hydrogen-bond donors (Lipinski definition) is 2. The number of benzene rings is 1. The van der Waals surface area contributed by atoms with Crippen LogP contribution in [0.5, 0.6) is 0 Å². The molecule has 3 nitrogen and oxygen atoms in total. The highest BCUT2D eigenvalue weighted by atomic mass is 19.4. The standard InChI is InChI=1S/C15H20F3N3/c16-15(17,18)11-9-10(4-5-12(11)19)20-13-6-8-21-7-2-1-3-14(13)21/h4-5,9,13-14,20H,1-3,6-8,19H2. The highest BCUT2D eigenvalue weighted by Gasteiger charge is 2.36. The predicted molar refractivity (Wildman–Crippen MR) is 77.1 cm³/mol. The number of halogens is 3. The predicted octanol–water partition coefficient (Wildman–Crippen LogP) is 3.33. The first-order valence-electron chi connectivity index (χ1n) is 7.42. The van der Waals surface area contributed by atoms with Crippen LogP contribution in [0.1, 0.15) is 31.2 Å². The van der Waals surface area contributed by atoms with Gasteiger partial charge in [-0.2, -0.15) is 13.2 Å². The average Bonchev–Trinajstić information content (AvgIpc) is 2.83. The number of nitrogens with zero attached hydrogens (tertiary/aromatic N) is 1. The van der Waals surface area contributed by atoms with E-state index in [4.69, 9.17) is 5.73 Å². The van der Waals surface area contributed by atoms with E-state index in [1.807, 2.05) is 0 Å². The monoisotopic (exact) mass is 299 g/mol. The van der Waals surface area contributed by atoms with Crippen molar-refractivity contribution in [3.05, 3.63) is 23.8 Å². The summed E-state index contributed by atoms with van der Waals surface area (Å²) in [6.07, 6.45) is 0.127. The maximum Gasteiger partial charge on any atom is 0.418 e. The van der Waals surface area contributed by atoms with Crippen LogP contribution >= 0.6 is 0 Å². The van der Waals surface area contributed by atoms with Crippen molar-refractivity contribution in [3.8, 4) is 0 Å². The molecule has 2 unspecified atom stereocenters. The Balaban J connectivity index is 1.76. The van der Waals surface area contributed by atoms with E-state index < -0.39 is 11.7 Å². The molecule has 0 aromatic heterocycles. The minimum Gasteiger partial charge on any atom is -0.398 e. The van der Waals surface area contributed by atoms with Crippen molar-refractivity contribution in [2.45, 2.75) is 43.9 Å². The van der Waals surface area contributed by atoms with Crippen molar-refractivity contribution in [1.82, 2.24) is 4.90 Å². The molecule has 3 rings (SSSR count). The number of piperidine rings is 1. The third kappa shape index (κ3) is 2.95. The highest BCUT2D eigenvalue weighted by Crippen LogP contribution is 2.36. The number of nitrogens with one attached hydrogen (secondary N) is 1. The van der Waals surface area contributed by atoms with Crippen LogP contribution in [-0.2, 0) is 6.18 Å². The number of nitrogen functional groups attached to an aromatic ring is 1.